The Bertz CT molecular complexity index is 1980. The maximum absolute atomic E-state index is 15.5. The van der Waals surface area contributed by atoms with Crippen molar-refractivity contribution >= 4 is 17.0 Å². The standard InChI is InChI=1S/C32H23F6N3O4.C2H6.H3N/c1-15-6-23(35)18(9-22(15)34)14-45-31-21(33)2-3-27(39-31)20-12-24(36)16(7-25(20)37)11-29-40-30-26(38)8-17(32(42)43)10-28(30)41(29)13-19-4-5-44-19;1-2;/h2-3,6-10,12,19H,4-5,11,13-14H2,1H3,(H,42,43);1-2H3;1H3/t19-;;/m0../s1. The van der Waals surface area contributed by atoms with Crippen molar-refractivity contribution in [1.82, 2.24) is 20.7 Å². The Morgan fingerprint density at radius 3 is 2.25 bits per heavy atom. The molecule has 6 rings (SSSR count). The first-order valence-electron chi connectivity index (χ1n) is 14.7. The van der Waals surface area contributed by atoms with Gasteiger partial charge < -0.3 is 25.3 Å². The van der Waals surface area contributed by atoms with Crippen molar-refractivity contribution in [1.29, 1.82) is 0 Å². The third-order valence-corrected chi connectivity index (χ3v) is 7.58. The summed E-state index contributed by atoms with van der Waals surface area (Å²) in [6.45, 7) is 5.52. The van der Waals surface area contributed by atoms with Gasteiger partial charge in [0.05, 0.1) is 29.4 Å². The summed E-state index contributed by atoms with van der Waals surface area (Å²) in [6, 6.07) is 7.76. The highest BCUT2D eigenvalue weighted by Gasteiger charge is 2.25. The summed E-state index contributed by atoms with van der Waals surface area (Å²) in [5.74, 6) is -6.91. The molecule has 1 aliphatic rings. The maximum atomic E-state index is 15.5. The summed E-state index contributed by atoms with van der Waals surface area (Å²) >= 11 is 0. The van der Waals surface area contributed by atoms with E-state index in [4.69, 9.17) is 9.47 Å². The molecule has 0 unspecified atom stereocenters. The molecule has 1 atom stereocenters. The molecular formula is C34H32F6N4O4. The maximum Gasteiger partial charge on any atom is 0.335 e. The summed E-state index contributed by atoms with van der Waals surface area (Å²) in [5, 5.41) is 9.40. The number of ether oxygens (including phenoxy) is 2. The third-order valence-electron chi connectivity index (χ3n) is 7.58. The van der Waals surface area contributed by atoms with Gasteiger partial charge in [-0.3, -0.25) is 0 Å². The van der Waals surface area contributed by atoms with Crippen LogP contribution in [0.3, 0.4) is 0 Å². The van der Waals surface area contributed by atoms with Crippen molar-refractivity contribution in [3.63, 3.8) is 0 Å². The molecular weight excluding hydrogens is 642 g/mol. The summed E-state index contributed by atoms with van der Waals surface area (Å²) in [7, 11) is 0. The van der Waals surface area contributed by atoms with Crippen LogP contribution in [0.25, 0.3) is 22.3 Å². The first kappa shape index (κ1) is 35.9. The van der Waals surface area contributed by atoms with Crippen LogP contribution >= 0.6 is 0 Å². The lowest BCUT2D eigenvalue weighted by atomic mass is 10.0. The second-order valence-electron chi connectivity index (χ2n) is 10.6. The van der Waals surface area contributed by atoms with Crippen LogP contribution in [0, 0.1) is 41.8 Å². The molecule has 14 heteroatoms. The van der Waals surface area contributed by atoms with Crippen molar-refractivity contribution in [2.24, 2.45) is 0 Å². The van der Waals surface area contributed by atoms with Gasteiger partial charge in [-0.05, 0) is 73.0 Å². The van der Waals surface area contributed by atoms with E-state index in [9.17, 15) is 27.5 Å². The van der Waals surface area contributed by atoms with E-state index in [1.807, 2.05) is 13.8 Å². The van der Waals surface area contributed by atoms with Gasteiger partial charge in [-0.2, -0.15) is 0 Å². The second kappa shape index (κ2) is 14.9. The number of pyridine rings is 1. The van der Waals surface area contributed by atoms with Crippen LogP contribution in [0.1, 0.15) is 53.1 Å². The Balaban J connectivity index is 0.00000170. The van der Waals surface area contributed by atoms with Gasteiger partial charge in [0.2, 0.25) is 0 Å². The van der Waals surface area contributed by atoms with E-state index in [2.05, 4.69) is 9.97 Å². The summed E-state index contributed by atoms with van der Waals surface area (Å²) in [4.78, 5) is 19.7. The molecule has 254 valence electrons. The number of carboxylic acid groups (broad SMARTS) is 1. The number of nitrogens with zero attached hydrogens (tertiary/aromatic N) is 3. The molecule has 48 heavy (non-hydrogen) atoms. The van der Waals surface area contributed by atoms with Gasteiger partial charge in [0, 0.05) is 24.2 Å². The van der Waals surface area contributed by atoms with Crippen LogP contribution in [0.5, 0.6) is 5.88 Å². The smallest absolute Gasteiger partial charge is 0.335 e. The highest BCUT2D eigenvalue weighted by atomic mass is 19.1. The number of aryl methyl sites for hydroxylation is 1. The van der Waals surface area contributed by atoms with Crippen LogP contribution in [-0.4, -0.2) is 38.3 Å². The number of halogens is 6. The van der Waals surface area contributed by atoms with E-state index in [0.29, 0.717) is 13.0 Å². The number of aromatic carboxylic acids is 1. The second-order valence-corrected chi connectivity index (χ2v) is 10.6. The molecule has 1 saturated heterocycles. The summed E-state index contributed by atoms with van der Waals surface area (Å²) in [6.07, 6.45) is 0.172. The van der Waals surface area contributed by atoms with Crippen molar-refractivity contribution in [3.8, 4) is 17.1 Å². The SMILES string of the molecule is CC.Cc1cc(F)c(COc2nc(-c3cc(F)c(Cc4nc5c(F)cc(C(=O)O)cc5n4C[C@@H]4CCO4)cc3F)ccc2F)cc1F.N. The van der Waals surface area contributed by atoms with Crippen LogP contribution in [0.2, 0.25) is 0 Å². The Kier molecular flexibility index (Phi) is 11.1. The molecule has 0 saturated carbocycles. The van der Waals surface area contributed by atoms with Gasteiger partial charge in [0.15, 0.2) is 11.6 Å². The van der Waals surface area contributed by atoms with E-state index in [0.717, 1.165) is 42.5 Å². The van der Waals surface area contributed by atoms with Gasteiger partial charge in [-0.1, -0.05) is 13.8 Å². The molecule has 3 aromatic carbocycles. The largest absolute Gasteiger partial charge is 0.478 e. The van der Waals surface area contributed by atoms with Crippen LogP contribution in [0.4, 0.5) is 26.3 Å². The molecule has 0 bridgehead atoms. The number of hydrogen-bond donors (Lipinski definition) is 2. The minimum atomic E-state index is -1.34. The molecule has 0 spiro atoms. The number of aromatic nitrogens is 3. The van der Waals surface area contributed by atoms with E-state index < -0.39 is 53.4 Å². The first-order chi connectivity index (χ1) is 22.5. The number of rotatable bonds is 9. The number of carbonyl (C=O) groups is 1. The predicted octanol–water partition coefficient (Wildman–Crippen LogP) is 8.09. The molecule has 3 heterocycles. The Morgan fingerprint density at radius 1 is 0.896 bits per heavy atom. The van der Waals surface area contributed by atoms with Crippen molar-refractivity contribution in [2.75, 3.05) is 6.61 Å². The number of fused-ring (bicyclic) bond motifs is 1. The van der Waals surface area contributed by atoms with Crippen LogP contribution in [0.15, 0.2) is 48.5 Å². The summed E-state index contributed by atoms with van der Waals surface area (Å²) in [5.41, 5.74) is -1.03. The van der Waals surface area contributed by atoms with Gasteiger partial charge in [-0.15, -0.1) is 0 Å². The lowest BCUT2D eigenvalue weighted by molar-refractivity contribution is -0.0589. The average Bonchev–Trinajstić information content (AvgIpc) is 3.36. The summed E-state index contributed by atoms with van der Waals surface area (Å²) < 4.78 is 101. The van der Waals surface area contributed by atoms with Crippen LogP contribution in [-0.2, 0) is 24.3 Å². The molecule has 2 aromatic heterocycles. The highest BCUT2D eigenvalue weighted by Crippen LogP contribution is 2.30. The number of imidazole rings is 1. The molecule has 0 amide bonds. The van der Waals surface area contributed by atoms with Crippen molar-refractivity contribution in [3.05, 3.63) is 112 Å². The Hall–Kier alpha value is -4.95. The van der Waals surface area contributed by atoms with Crippen molar-refractivity contribution in [2.45, 2.75) is 52.9 Å². The molecule has 1 fully saturated rings. The molecule has 1 aliphatic heterocycles. The third kappa shape index (κ3) is 7.29. The number of hydrogen-bond acceptors (Lipinski definition) is 6. The zero-order valence-corrected chi connectivity index (χ0v) is 26.2. The van der Waals surface area contributed by atoms with E-state index in [-0.39, 0.29) is 75.6 Å². The van der Waals surface area contributed by atoms with Gasteiger partial charge >= 0.3 is 5.97 Å². The minimum absolute atomic E-state index is 0. The van der Waals surface area contributed by atoms with Crippen LogP contribution < -0.4 is 10.9 Å². The lowest BCUT2D eigenvalue weighted by Gasteiger charge is -2.27. The van der Waals surface area contributed by atoms with Gasteiger partial charge in [0.25, 0.3) is 5.88 Å². The lowest BCUT2D eigenvalue weighted by Crippen LogP contribution is -2.31. The fourth-order valence-corrected chi connectivity index (χ4v) is 5.03. The number of carboxylic acids is 1. The van der Waals surface area contributed by atoms with E-state index in [1.54, 1.807) is 0 Å². The van der Waals surface area contributed by atoms with Crippen molar-refractivity contribution < 1.29 is 45.7 Å². The molecule has 4 N–H and O–H groups in total. The quantitative estimate of drug-likeness (QED) is 0.152. The van der Waals surface area contributed by atoms with E-state index >= 15 is 8.78 Å². The monoisotopic (exact) mass is 674 g/mol. The fourth-order valence-electron chi connectivity index (χ4n) is 5.03. The Labute approximate surface area is 271 Å². The normalized spacial score (nSPS) is 13.7. The topological polar surface area (TPSA) is 121 Å². The van der Waals surface area contributed by atoms with E-state index in [1.165, 1.54) is 17.6 Å². The molecule has 8 nitrogen and oxygen atoms in total. The molecule has 5 aromatic rings. The average molecular weight is 675 g/mol. The minimum Gasteiger partial charge on any atom is -0.478 e. The zero-order valence-electron chi connectivity index (χ0n) is 26.2. The zero-order chi connectivity index (χ0) is 34.0. The number of benzene rings is 3. The fraction of sp³-hybridized carbons (Fsp3) is 0.265. The first-order valence-corrected chi connectivity index (χ1v) is 14.7. The highest BCUT2D eigenvalue weighted by molar-refractivity contribution is 5.92. The molecule has 0 radical (unpaired) electrons. The van der Waals surface area contributed by atoms with Gasteiger partial charge in [-0.25, -0.2) is 41.1 Å². The van der Waals surface area contributed by atoms with Gasteiger partial charge in [0.1, 0.15) is 41.2 Å². The Morgan fingerprint density at radius 2 is 1.58 bits per heavy atom. The molecule has 0 aliphatic carbocycles. The predicted molar refractivity (Wildman–Crippen MR) is 165 cm³/mol.